The summed E-state index contributed by atoms with van der Waals surface area (Å²) >= 11 is 0. The van der Waals surface area contributed by atoms with Crippen molar-refractivity contribution in [2.24, 2.45) is 5.73 Å². The standard InChI is InChI=1S/C13H17N5O/c1-9-4-6-15-12(10(9)8-14)18-7-5-11(16-18)13(19)17(2)3/h4-7H,8,14H2,1-3H3. The van der Waals surface area contributed by atoms with Crippen LogP contribution in [0, 0.1) is 6.92 Å². The van der Waals surface area contributed by atoms with E-state index < -0.39 is 0 Å². The van der Waals surface area contributed by atoms with Crippen LogP contribution in [0.1, 0.15) is 21.6 Å². The van der Waals surface area contributed by atoms with E-state index >= 15 is 0 Å². The molecular weight excluding hydrogens is 242 g/mol. The minimum Gasteiger partial charge on any atom is -0.343 e. The zero-order chi connectivity index (χ0) is 14.0. The smallest absolute Gasteiger partial charge is 0.273 e. The Kier molecular flexibility index (Phi) is 3.62. The fourth-order valence-electron chi connectivity index (χ4n) is 1.81. The van der Waals surface area contributed by atoms with E-state index in [0.29, 0.717) is 18.1 Å². The van der Waals surface area contributed by atoms with Gasteiger partial charge in [-0.05, 0) is 24.6 Å². The Bertz CT molecular complexity index is 603. The van der Waals surface area contributed by atoms with E-state index in [2.05, 4.69) is 10.1 Å². The van der Waals surface area contributed by atoms with Gasteiger partial charge in [-0.1, -0.05) is 0 Å². The molecule has 2 N–H and O–H groups in total. The molecular formula is C13H17N5O. The molecule has 0 aromatic carbocycles. The molecule has 0 unspecified atom stereocenters. The van der Waals surface area contributed by atoms with Crippen molar-refractivity contribution in [2.45, 2.75) is 13.5 Å². The Balaban J connectivity index is 2.44. The summed E-state index contributed by atoms with van der Waals surface area (Å²) in [4.78, 5) is 17.6. The Morgan fingerprint density at radius 2 is 2.16 bits per heavy atom. The fraction of sp³-hybridized carbons (Fsp3) is 0.308. The molecule has 0 saturated carbocycles. The van der Waals surface area contributed by atoms with Gasteiger partial charge in [0, 0.05) is 38.6 Å². The molecule has 2 aromatic heterocycles. The number of pyridine rings is 1. The second-order valence-electron chi connectivity index (χ2n) is 4.48. The minimum absolute atomic E-state index is 0.138. The number of aryl methyl sites for hydroxylation is 1. The summed E-state index contributed by atoms with van der Waals surface area (Å²) in [5.74, 6) is 0.529. The predicted molar refractivity (Wildman–Crippen MR) is 72.0 cm³/mol. The van der Waals surface area contributed by atoms with Gasteiger partial charge in [-0.25, -0.2) is 9.67 Å². The summed E-state index contributed by atoms with van der Waals surface area (Å²) in [7, 11) is 3.38. The highest BCUT2D eigenvalue weighted by Crippen LogP contribution is 2.15. The first-order chi connectivity index (χ1) is 9.04. The van der Waals surface area contributed by atoms with Crippen molar-refractivity contribution in [2.75, 3.05) is 14.1 Å². The molecule has 2 heterocycles. The molecule has 0 aliphatic carbocycles. The predicted octanol–water partition coefficient (Wildman–Crippen LogP) is 0.736. The third-order valence-corrected chi connectivity index (χ3v) is 2.90. The van der Waals surface area contributed by atoms with E-state index in [1.54, 1.807) is 37.2 Å². The van der Waals surface area contributed by atoms with Crippen LogP contribution in [0.3, 0.4) is 0 Å². The Morgan fingerprint density at radius 3 is 2.79 bits per heavy atom. The zero-order valence-corrected chi connectivity index (χ0v) is 11.3. The molecule has 0 radical (unpaired) electrons. The lowest BCUT2D eigenvalue weighted by Gasteiger charge is -2.10. The van der Waals surface area contributed by atoms with Gasteiger partial charge in [0.05, 0.1) is 0 Å². The van der Waals surface area contributed by atoms with Gasteiger partial charge in [0.1, 0.15) is 0 Å². The Morgan fingerprint density at radius 1 is 1.42 bits per heavy atom. The number of carbonyl (C=O) groups excluding carboxylic acids is 1. The monoisotopic (exact) mass is 259 g/mol. The van der Waals surface area contributed by atoms with Gasteiger partial charge in [-0.2, -0.15) is 5.10 Å². The summed E-state index contributed by atoms with van der Waals surface area (Å²) in [6.07, 6.45) is 3.43. The van der Waals surface area contributed by atoms with Crippen molar-refractivity contribution in [3.8, 4) is 5.82 Å². The maximum Gasteiger partial charge on any atom is 0.273 e. The SMILES string of the molecule is Cc1ccnc(-n2ccc(C(=O)N(C)C)n2)c1CN. The number of amides is 1. The van der Waals surface area contributed by atoms with Crippen LogP contribution in [-0.2, 0) is 6.54 Å². The minimum atomic E-state index is -0.138. The number of carbonyl (C=O) groups is 1. The zero-order valence-electron chi connectivity index (χ0n) is 11.3. The Labute approximate surface area is 111 Å². The maximum atomic E-state index is 11.8. The van der Waals surface area contributed by atoms with Crippen molar-refractivity contribution < 1.29 is 4.79 Å². The van der Waals surface area contributed by atoms with E-state index in [0.717, 1.165) is 11.1 Å². The molecule has 0 atom stereocenters. The molecule has 6 nitrogen and oxygen atoms in total. The van der Waals surface area contributed by atoms with Crippen LogP contribution in [0.25, 0.3) is 5.82 Å². The van der Waals surface area contributed by atoms with Gasteiger partial charge in [0.2, 0.25) is 0 Å². The first kappa shape index (κ1) is 13.2. The first-order valence-electron chi connectivity index (χ1n) is 5.97. The lowest BCUT2D eigenvalue weighted by atomic mass is 10.1. The lowest BCUT2D eigenvalue weighted by Crippen LogP contribution is -2.22. The summed E-state index contributed by atoms with van der Waals surface area (Å²) < 4.78 is 1.59. The highest BCUT2D eigenvalue weighted by molar-refractivity contribution is 5.91. The molecule has 0 bridgehead atoms. The van der Waals surface area contributed by atoms with Crippen molar-refractivity contribution in [3.63, 3.8) is 0 Å². The summed E-state index contributed by atoms with van der Waals surface area (Å²) in [6, 6.07) is 3.58. The number of hydrogen-bond donors (Lipinski definition) is 1. The molecule has 6 heteroatoms. The molecule has 1 amide bonds. The Hall–Kier alpha value is -2.21. The van der Waals surface area contributed by atoms with E-state index in [1.165, 1.54) is 4.90 Å². The van der Waals surface area contributed by atoms with Crippen LogP contribution in [0.4, 0.5) is 0 Å². The second-order valence-corrected chi connectivity index (χ2v) is 4.48. The molecule has 0 aliphatic rings. The average Bonchev–Trinajstić information content (AvgIpc) is 2.86. The number of nitrogens with zero attached hydrogens (tertiary/aromatic N) is 4. The maximum absolute atomic E-state index is 11.8. The van der Waals surface area contributed by atoms with Crippen molar-refractivity contribution in [1.29, 1.82) is 0 Å². The normalized spacial score (nSPS) is 10.5. The van der Waals surface area contributed by atoms with Crippen molar-refractivity contribution >= 4 is 5.91 Å². The van der Waals surface area contributed by atoms with Crippen LogP contribution in [0.5, 0.6) is 0 Å². The molecule has 0 saturated heterocycles. The molecule has 100 valence electrons. The third kappa shape index (κ3) is 2.48. The van der Waals surface area contributed by atoms with E-state index in [1.807, 2.05) is 13.0 Å². The molecule has 2 rings (SSSR count). The van der Waals surface area contributed by atoms with E-state index in [-0.39, 0.29) is 5.91 Å². The van der Waals surface area contributed by atoms with Crippen LogP contribution >= 0.6 is 0 Å². The van der Waals surface area contributed by atoms with Gasteiger partial charge in [-0.3, -0.25) is 4.79 Å². The molecule has 0 fully saturated rings. The van der Waals surface area contributed by atoms with Crippen LogP contribution in [-0.4, -0.2) is 39.7 Å². The summed E-state index contributed by atoms with van der Waals surface area (Å²) in [5, 5.41) is 4.26. The van der Waals surface area contributed by atoms with Crippen LogP contribution in [0.15, 0.2) is 24.5 Å². The number of hydrogen-bond acceptors (Lipinski definition) is 4. The van der Waals surface area contributed by atoms with Crippen LogP contribution < -0.4 is 5.73 Å². The van der Waals surface area contributed by atoms with Crippen molar-refractivity contribution in [1.82, 2.24) is 19.7 Å². The fourth-order valence-corrected chi connectivity index (χ4v) is 1.81. The largest absolute Gasteiger partial charge is 0.343 e. The van der Waals surface area contributed by atoms with Gasteiger partial charge < -0.3 is 10.6 Å². The van der Waals surface area contributed by atoms with E-state index in [4.69, 9.17) is 5.73 Å². The number of rotatable bonds is 3. The topological polar surface area (TPSA) is 77.0 Å². The highest BCUT2D eigenvalue weighted by atomic mass is 16.2. The highest BCUT2D eigenvalue weighted by Gasteiger charge is 2.14. The van der Waals surface area contributed by atoms with Gasteiger partial charge in [0.15, 0.2) is 11.5 Å². The third-order valence-electron chi connectivity index (χ3n) is 2.90. The van der Waals surface area contributed by atoms with E-state index in [9.17, 15) is 4.79 Å². The molecule has 2 aromatic rings. The number of nitrogens with two attached hydrogens (primary N) is 1. The van der Waals surface area contributed by atoms with Gasteiger partial charge in [-0.15, -0.1) is 0 Å². The summed E-state index contributed by atoms with van der Waals surface area (Å²) in [5.41, 5.74) is 8.12. The quantitative estimate of drug-likeness (QED) is 0.881. The first-order valence-corrected chi connectivity index (χ1v) is 5.97. The average molecular weight is 259 g/mol. The van der Waals surface area contributed by atoms with Gasteiger partial charge in [0.25, 0.3) is 5.91 Å². The molecule has 0 spiro atoms. The molecule has 19 heavy (non-hydrogen) atoms. The number of aromatic nitrogens is 3. The van der Waals surface area contributed by atoms with Crippen molar-refractivity contribution in [3.05, 3.63) is 41.3 Å². The van der Waals surface area contributed by atoms with Crippen LogP contribution in [0.2, 0.25) is 0 Å². The summed E-state index contributed by atoms with van der Waals surface area (Å²) in [6.45, 7) is 2.36. The van der Waals surface area contributed by atoms with Gasteiger partial charge >= 0.3 is 0 Å². The second kappa shape index (κ2) is 5.19. The molecule has 0 aliphatic heterocycles. The lowest BCUT2D eigenvalue weighted by molar-refractivity contribution is 0.0821.